The molecule has 1 aliphatic heterocycles. The van der Waals surface area contributed by atoms with E-state index in [0.29, 0.717) is 5.92 Å². The van der Waals surface area contributed by atoms with Crippen molar-refractivity contribution in [3.63, 3.8) is 0 Å². The van der Waals surface area contributed by atoms with Gasteiger partial charge in [-0.2, -0.15) is 0 Å². The Morgan fingerprint density at radius 1 is 1.32 bits per heavy atom. The van der Waals surface area contributed by atoms with Gasteiger partial charge >= 0.3 is 6.03 Å². The number of nitrogens with zero attached hydrogens (tertiary/aromatic N) is 3. The number of likely N-dealkylation sites (tertiary alicyclic amines) is 1. The summed E-state index contributed by atoms with van der Waals surface area (Å²) in [6.45, 7) is 9.98. The van der Waals surface area contributed by atoms with E-state index >= 15 is 0 Å². The minimum atomic E-state index is 0.101. The van der Waals surface area contributed by atoms with Gasteiger partial charge in [0.2, 0.25) is 0 Å². The Labute approximate surface area is 134 Å². The van der Waals surface area contributed by atoms with Crippen molar-refractivity contribution in [2.75, 3.05) is 19.6 Å². The standard InChI is InChI=1S/C17H30N4O/c1-4-8-18-17(22)20-10-6-15(7-11-20)12-16-19-13-14(3)21(16)9-5-2/h13,15H,4-12H2,1-3H3,(H,18,22). The van der Waals surface area contributed by atoms with Crippen LogP contribution in [-0.2, 0) is 13.0 Å². The molecule has 22 heavy (non-hydrogen) atoms. The highest BCUT2D eigenvalue weighted by Crippen LogP contribution is 2.22. The van der Waals surface area contributed by atoms with Gasteiger partial charge in [0, 0.05) is 44.5 Å². The lowest BCUT2D eigenvalue weighted by atomic mass is 9.93. The number of nitrogens with one attached hydrogen (secondary N) is 1. The summed E-state index contributed by atoms with van der Waals surface area (Å²) in [7, 11) is 0. The molecule has 5 heteroatoms. The predicted octanol–water partition coefficient (Wildman–Crippen LogP) is 2.98. The maximum absolute atomic E-state index is 12.0. The molecule has 0 aromatic carbocycles. The van der Waals surface area contributed by atoms with Gasteiger partial charge in [-0.25, -0.2) is 9.78 Å². The van der Waals surface area contributed by atoms with Gasteiger partial charge in [0.25, 0.3) is 0 Å². The largest absolute Gasteiger partial charge is 0.338 e. The molecule has 124 valence electrons. The van der Waals surface area contributed by atoms with E-state index < -0.39 is 0 Å². The van der Waals surface area contributed by atoms with E-state index in [-0.39, 0.29) is 6.03 Å². The minimum Gasteiger partial charge on any atom is -0.338 e. The van der Waals surface area contributed by atoms with Crippen molar-refractivity contribution < 1.29 is 4.79 Å². The first kappa shape index (κ1) is 16.8. The summed E-state index contributed by atoms with van der Waals surface area (Å²) < 4.78 is 2.35. The van der Waals surface area contributed by atoms with Crippen molar-refractivity contribution in [3.05, 3.63) is 17.7 Å². The maximum atomic E-state index is 12.0. The fourth-order valence-corrected chi connectivity index (χ4v) is 3.14. The molecule has 1 aromatic heterocycles. The normalized spacial score (nSPS) is 16.0. The molecular weight excluding hydrogens is 276 g/mol. The van der Waals surface area contributed by atoms with Gasteiger partial charge in [0.1, 0.15) is 5.82 Å². The summed E-state index contributed by atoms with van der Waals surface area (Å²) >= 11 is 0. The Morgan fingerprint density at radius 2 is 2.05 bits per heavy atom. The molecular formula is C17H30N4O. The highest BCUT2D eigenvalue weighted by Gasteiger charge is 2.24. The third kappa shape index (κ3) is 4.24. The van der Waals surface area contributed by atoms with Crippen LogP contribution in [0.2, 0.25) is 0 Å². The van der Waals surface area contributed by atoms with Crippen molar-refractivity contribution >= 4 is 6.03 Å². The van der Waals surface area contributed by atoms with Gasteiger partial charge in [-0.1, -0.05) is 13.8 Å². The molecule has 1 N–H and O–H groups in total. The number of imidazole rings is 1. The van der Waals surface area contributed by atoms with Crippen molar-refractivity contribution in [2.24, 2.45) is 5.92 Å². The van der Waals surface area contributed by atoms with Gasteiger partial charge in [-0.3, -0.25) is 0 Å². The Hall–Kier alpha value is -1.52. The van der Waals surface area contributed by atoms with Crippen molar-refractivity contribution in [1.82, 2.24) is 19.8 Å². The number of hydrogen-bond donors (Lipinski definition) is 1. The zero-order chi connectivity index (χ0) is 15.9. The Morgan fingerprint density at radius 3 is 2.68 bits per heavy atom. The molecule has 2 amide bonds. The van der Waals surface area contributed by atoms with Crippen LogP contribution in [0.5, 0.6) is 0 Å². The number of carbonyl (C=O) groups excluding carboxylic acids is 1. The summed E-state index contributed by atoms with van der Waals surface area (Å²) in [6.07, 6.45) is 7.31. The average molecular weight is 306 g/mol. The number of urea groups is 1. The van der Waals surface area contributed by atoms with Gasteiger partial charge in [0.05, 0.1) is 0 Å². The maximum Gasteiger partial charge on any atom is 0.317 e. The van der Waals surface area contributed by atoms with Crippen molar-refractivity contribution in [2.45, 2.75) is 59.4 Å². The van der Waals surface area contributed by atoms with Crippen LogP contribution < -0.4 is 5.32 Å². The van der Waals surface area contributed by atoms with Crippen LogP contribution in [0.15, 0.2) is 6.20 Å². The number of carbonyl (C=O) groups is 1. The summed E-state index contributed by atoms with van der Waals surface area (Å²) in [5.74, 6) is 1.86. The van der Waals surface area contributed by atoms with E-state index in [4.69, 9.17) is 0 Å². The number of aryl methyl sites for hydroxylation is 1. The fraction of sp³-hybridized carbons (Fsp3) is 0.765. The van der Waals surface area contributed by atoms with Gasteiger partial charge < -0.3 is 14.8 Å². The number of rotatable bonds is 6. The van der Waals surface area contributed by atoms with E-state index in [1.54, 1.807) is 0 Å². The van der Waals surface area contributed by atoms with Gasteiger partial charge in [0.15, 0.2) is 0 Å². The summed E-state index contributed by atoms with van der Waals surface area (Å²) in [6, 6.07) is 0.101. The number of piperidine rings is 1. The number of amides is 2. The summed E-state index contributed by atoms with van der Waals surface area (Å²) in [5, 5.41) is 2.97. The third-order valence-corrected chi connectivity index (χ3v) is 4.48. The Kier molecular flexibility index (Phi) is 6.28. The fourth-order valence-electron chi connectivity index (χ4n) is 3.14. The van der Waals surface area contributed by atoms with Crippen LogP contribution >= 0.6 is 0 Å². The molecule has 0 aliphatic carbocycles. The summed E-state index contributed by atoms with van der Waals surface area (Å²) in [5.41, 5.74) is 1.26. The zero-order valence-corrected chi connectivity index (χ0v) is 14.3. The molecule has 0 bridgehead atoms. The highest BCUT2D eigenvalue weighted by atomic mass is 16.2. The molecule has 1 fully saturated rings. The smallest absolute Gasteiger partial charge is 0.317 e. The molecule has 1 aliphatic rings. The van der Waals surface area contributed by atoms with E-state index in [0.717, 1.165) is 58.3 Å². The molecule has 0 radical (unpaired) electrons. The first-order chi connectivity index (χ1) is 10.7. The molecule has 2 heterocycles. The van der Waals surface area contributed by atoms with Gasteiger partial charge in [-0.15, -0.1) is 0 Å². The van der Waals surface area contributed by atoms with E-state index in [1.807, 2.05) is 11.1 Å². The van der Waals surface area contributed by atoms with Crippen LogP contribution in [0, 0.1) is 12.8 Å². The molecule has 0 saturated carbocycles. The van der Waals surface area contributed by atoms with Crippen LogP contribution in [-0.4, -0.2) is 40.1 Å². The second kappa shape index (κ2) is 8.20. The van der Waals surface area contributed by atoms with Gasteiger partial charge in [-0.05, 0) is 38.5 Å². The monoisotopic (exact) mass is 306 g/mol. The third-order valence-electron chi connectivity index (χ3n) is 4.48. The second-order valence-corrected chi connectivity index (χ2v) is 6.33. The average Bonchev–Trinajstić information content (AvgIpc) is 2.87. The molecule has 2 rings (SSSR count). The van der Waals surface area contributed by atoms with E-state index in [2.05, 4.69) is 35.6 Å². The molecule has 1 aromatic rings. The van der Waals surface area contributed by atoms with E-state index in [1.165, 1.54) is 11.5 Å². The molecule has 0 unspecified atom stereocenters. The van der Waals surface area contributed by atoms with Crippen LogP contribution in [0.1, 0.15) is 51.0 Å². The minimum absolute atomic E-state index is 0.101. The van der Waals surface area contributed by atoms with Crippen molar-refractivity contribution in [1.29, 1.82) is 0 Å². The lowest BCUT2D eigenvalue weighted by Crippen LogP contribution is -2.44. The first-order valence-electron chi connectivity index (χ1n) is 8.69. The lowest BCUT2D eigenvalue weighted by molar-refractivity contribution is 0.169. The van der Waals surface area contributed by atoms with Crippen LogP contribution in [0.25, 0.3) is 0 Å². The SMILES string of the molecule is CCCNC(=O)N1CCC(Cc2ncc(C)n2CCC)CC1. The van der Waals surface area contributed by atoms with Crippen molar-refractivity contribution in [3.8, 4) is 0 Å². The van der Waals surface area contributed by atoms with Crippen LogP contribution in [0.3, 0.4) is 0 Å². The quantitative estimate of drug-likeness (QED) is 0.878. The second-order valence-electron chi connectivity index (χ2n) is 6.33. The lowest BCUT2D eigenvalue weighted by Gasteiger charge is -2.32. The molecule has 0 atom stereocenters. The molecule has 5 nitrogen and oxygen atoms in total. The Bertz CT molecular complexity index is 475. The number of hydrogen-bond acceptors (Lipinski definition) is 2. The first-order valence-corrected chi connectivity index (χ1v) is 8.69. The zero-order valence-electron chi connectivity index (χ0n) is 14.3. The Balaban J connectivity index is 1.84. The highest BCUT2D eigenvalue weighted by molar-refractivity contribution is 5.74. The summed E-state index contributed by atoms with van der Waals surface area (Å²) in [4.78, 5) is 18.5. The number of aromatic nitrogens is 2. The molecule has 0 spiro atoms. The van der Waals surface area contributed by atoms with E-state index in [9.17, 15) is 4.79 Å². The molecule has 1 saturated heterocycles. The topological polar surface area (TPSA) is 50.2 Å². The van der Waals surface area contributed by atoms with Crippen LogP contribution in [0.4, 0.5) is 4.79 Å². The predicted molar refractivity (Wildman–Crippen MR) is 88.9 cm³/mol.